The topological polar surface area (TPSA) is 61.6 Å². The van der Waals surface area contributed by atoms with E-state index in [1.54, 1.807) is 17.9 Å². The van der Waals surface area contributed by atoms with Crippen LogP contribution in [-0.4, -0.2) is 76.0 Å². The third-order valence-electron chi connectivity index (χ3n) is 5.33. The number of nitrogens with zero attached hydrogens (tertiary/aromatic N) is 6. The van der Waals surface area contributed by atoms with Crippen molar-refractivity contribution in [3.8, 4) is 5.82 Å². The molecule has 1 aliphatic heterocycles. The quantitative estimate of drug-likeness (QED) is 0.360. The van der Waals surface area contributed by atoms with Gasteiger partial charge in [-0.25, -0.2) is 9.67 Å². The van der Waals surface area contributed by atoms with Gasteiger partial charge in [-0.15, -0.1) is 24.0 Å². The first kappa shape index (κ1) is 25.4. The normalized spacial score (nSPS) is 16.7. The van der Waals surface area contributed by atoms with Gasteiger partial charge in [0.1, 0.15) is 6.04 Å². The maximum absolute atomic E-state index is 12.9. The van der Waals surface area contributed by atoms with Crippen molar-refractivity contribution in [3.05, 3.63) is 41.3 Å². The van der Waals surface area contributed by atoms with Gasteiger partial charge in [-0.2, -0.15) is 18.3 Å². The van der Waals surface area contributed by atoms with Crippen LogP contribution in [0.15, 0.2) is 29.4 Å². The fourth-order valence-corrected chi connectivity index (χ4v) is 3.55. The van der Waals surface area contributed by atoms with Crippen LogP contribution in [0.5, 0.6) is 0 Å². The molecule has 2 aromatic heterocycles. The zero-order valence-corrected chi connectivity index (χ0v) is 20.5. The Morgan fingerprint density at radius 3 is 2.35 bits per heavy atom. The second kappa shape index (κ2) is 10.6. The highest BCUT2D eigenvalue weighted by atomic mass is 127. The zero-order valence-electron chi connectivity index (χ0n) is 18.1. The molecule has 0 aromatic carbocycles. The first-order valence-electron chi connectivity index (χ1n) is 9.94. The third kappa shape index (κ3) is 6.31. The number of rotatable bonds is 4. The molecule has 7 nitrogen and oxygen atoms in total. The van der Waals surface area contributed by atoms with E-state index in [9.17, 15) is 13.2 Å². The van der Waals surface area contributed by atoms with Gasteiger partial charge >= 0.3 is 6.18 Å². The minimum absolute atomic E-state index is 0. The van der Waals surface area contributed by atoms with Gasteiger partial charge in [0.25, 0.3) is 0 Å². The fraction of sp³-hybridized carbons (Fsp3) is 0.550. The molecule has 0 spiro atoms. The Kier molecular flexibility index (Phi) is 8.69. The lowest BCUT2D eigenvalue weighted by Crippen LogP contribution is -2.56. The van der Waals surface area contributed by atoms with Crippen LogP contribution >= 0.6 is 24.0 Å². The number of guanidine groups is 1. The summed E-state index contributed by atoms with van der Waals surface area (Å²) in [5.41, 5.74) is 2.93. The first-order chi connectivity index (χ1) is 14.2. The molecule has 0 radical (unpaired) electrons. The molecule has 3 rings (SSSR count). The van der Waals surface area contributed by atoms with Crippen molar-refractivity contribution in [2.24, 2.45) is 4.99 Å². The summed E-state index contributed by atoms with van der Waals surface area (Å²) in [7, 11) is 1.68. The number of halogens is 4. The maximum atomic E-state index is 12.9. The van der Waals surface area contributed by atoms with Crippen molar-refractivity contribution in [2.45, 2.75) is 39.5 Å². The van der Waals surface area contributed by atoms with E-state index < -0.39 is 12.2 Å². The van der Waals surface area contributed by atoms with E-state index in [0.717, 1.165) is 22.8 Å². The number of nitrogens with one attached hydrogen (secondary N) is 1. The van der Waals surface area contributed by atoms with Crippen LogP contribution in [0.25, 0.3) is 5.82 Å². The van der Waals surface area contributed by atoms with Crippen LogP contribution in [0, 0.1) is 13.8 Å². The van der Waals surface area contributed by atoms with E-state index in [-0.39, 0.29) is 24.0 Å². The van der Waals surface area contributed by atoms with Gasteiger partial charge in [0.2, 0.25) is 0 Å². The summed E-state index contributed by atoms with van der Waals surface area (Å²) in [6.07, 6.45) is -2.41. The van der Waals surface area contributed by atoms with Crippen molar-refractivity contribution in [2.75, 3.05) is 33.2 Å². The molecule has 0 saturated carbocycles. The minimum Gasteiger partial charge on any atom is -0.352 e. The molecule has 31 heavy (non-hydrogen) atoms. The summed E-state index contributed by atoms with van der Waals surface area (Å²) in [5, 5.41) is 7.71. The molecule has 11 heteroatoms. The standard InChI is InChI=1S/C20H28F3N7.HI/c1-14-11-15(2)30(27-14)18-6-5-17(12-25-18)13-26-19(24-4)29-9-7-28(8-10-29)16(3)20(21,22)23;/h5-6,11-12,16H,7-10,13H2,1-4H3,(H,24,26);1H. The highest BCUT2D eigenvalue weighted by Gasteiger charge is 2.41. The number of piperazine rings is 1. The summed E-state index contributed by atoms with van der Waals surface area (Å²) < 4.78 is 40.6. The Labute approximate surface area is 197 Å². The number of hydrogen-bond donors (Lipinski definition) is 1. The predicted octanol–water partition coefficient (Wildman–Crippen LogP) is 3.15. The summed E-state index contributed by atoms with van der Waals surface area (Å²) in [6.45, 7) is 7.35. The number of aryl methyl sites for hydroxylation is 2. The Morgan fingerprint density at radius 2 is 1.87 bits per heavy atom. The SMILES string of the molecule is CN=C(NCc1ccc(-n2nc(C)cc2C)nc1)N1CCN(C(C)C(F)(F)F)CC1.I. The van der Waals surface area contributed by atoms with Crippen LogP contribution in [0.3, 0.4) is 0 Å². The minimum atomic E-state index is -4.20. The molecule has 3 heterocycles. The van der Waals surface area contributed by atoms with Crippen molar-refractivity contribution in [1.29, 1.82) is 0 Å². The Morgan fingerprint density at radius 1 is 1.19 bits per heavy atom. The molecule has 2 aromatic rings. The summed E-state index contributed by atoms with van der Waals surface area (Å²) in [4.78, 5) is 12.2. The Hall–Kier alpha value is -1.89. The van der Waals surface area contributed by atoms with Crippen LogP contribution in [0.1, 0.15) is 23.9 Å². The van der Waals surface area contributed by atoms with E-state index in [0.29, 0.717) is 38.7 Å². The van der Waals surface area contributed by atoms with Gasteiger partial charge in [-0.05, 0) is 38.5 Å². The Bertz CT molecular complexity index is 872. The lowest BCUT2D eigenvalue weighted by atomic mass is 10.2. The molecular weight excluding hydrogens is 522 g/mol. The van der Waals surface area contributed by atoms with Crippen LogP contribution in [0.2, 0.25) is 0 Å². The second-order valence-electron chi connectivity index (χ2n) is 7.50. The predicted molar refractivity (Wildman–Crippen MR) is 125 cm³/mol. The van der Waals surface area contributed by atoms with Crippen LogP contribution < -0.4 is 5.32 Å². The smallest absolute Gasteiger partial charge is 0.352 e. The first-order valence-corrected chi connectivity index (χ1v) is 9.94. The summed E-state index contributed by atoms with van der Waals surface area (Å²) in [6, 6.07) is 4.45. The molecular formula is C20H29F3IN7. The number of aromatic nitrogens is 3. The van der Waals surface area contributed by atoms with Crippen molar-refractivity contribution in [1.82, 2.24) is 29.9 Å². The monoisotopic (exact) mass is 551 g/mol. The van der Waals surface area contributed by atoms with Crippen molar-refractivity contribution in [3.63, 3.8) is 0 Å². The van der Waals surface area contributed by atoms with Gasteiger partial charge in [0.05, 0.1) is 5.69 Å². The largest absolute Gasteiger partial charge is 0.403 e. The molecule has 172 valence electrons. The van der Waals surface area contributed by atoms with E-state index in [4.69, 9.17) is 0 Å². The van der Waals surface area contributed by atoms with Gasteiger partial charge in [0.15, 0.2) is 11.8 Å². The number of aliphatic imine (C=N–C) groups is 1. The molecule has 1 atom stereocenters. The van der Waals surface area contributed by atoms with Gasteiger partial charge in [0, 0.05) is 51.7 Å². The average Bonchev–Trinajstić information content (AvgIpc) is 3.06. The van der Waals surface area contributed by atoms with E-state index >= 15 is 0 Å². The number of hydrogen-bond acceptors (Lipinski definition) is 4. The molecule has 0 bridgehead atoms. The highest BCUT2D eigenvalue weighted by Crippen LogP contribution is 2.25. The van der Waals surface area contributed by atoms with Crippen molar-refractivity contribution < 1.29 is 13.2 Å². The lowest BCUT2D eigenvalue weighted by Gasteiger charge is -2.39. The zero-order chi connectivity index (χ0) is 21.9. The molecule has 1 N–H and O–H groups in total. The van der Waals surface area contributed by atoms with Crippen LogP contribution in [-0.2, 0) is 6.54 Å². The highest BCUT2D eigenvalue weighted by molar-refractivity contribution is 14.0. The molecule has 1 unspecified atom stereocenters. The Balaban J connectivity index is 0.00000341. The molecule has 0 aliphatic carbocycles. The van der Waals surface area contributed by atoms with Gasteiger partial charge in [-0.3, -0.25) is 9.89 Å². The molecule has 1 aliphatic rings. The van der Waals surface area contributed by atoms with E-state index in [1.165, 1.54) is 11.8 Å². The van der Waals surface area contributed by atoms with Crippen LogP contribution in [0.4, 0.5) is 13.2 Å². The van der Waals surface area contributed by atoms with Crippen molar-refractivity contribution >= 4 is 29.9 Å². The number of pyridine rings is 1. The summed E-state index contributed by atoms with van der Waals surface area (Å²) in [5.74, 6) is 1.43. The van der Waals surface area contributed by atoms with Gasteiger partial charge in [-0.1, -0.05) is 6.07 Å². The third-order valence-corrected chi connectivity index (χ3v) is 5.33. The maximum Gasteiger partial charge on any atom is 0.403 e. The number of alkyl halides is 3. The molecule has 0 amide bonds. The molecule has 1 saturated heterocycles. The van der Waals surface area contributed by atoms with Gasteiger partial charge < -0.3 is 10.2 Å². The molecule has 1 fully saturated rings. The fourth-order valence-electron chi connectivity index (χ4n) is 3.55. The second-order valence-corrected chi connectivity index (χ2v) is 7.50. The van der Waals surface area contributed by atoms with E-state index in [2.05, 4.69) is 20.4 Å². The lowest BCUT2D eigenvalue weighted by molar-refractivity contribution is -0.181. The average molecular weight is 551 g/mol. The summed E-state index contributed by atoms with van der Waals surface area (Å²) >= 11 is 0. The van der Waals surface area contributed by atoms with E-state index in [1.807, 2.05) is 36.9 Å².